The first kappa shape index (κ1) is 8.63. The van der Waals surface area contributed by atoms with Crippen LogP contribution >= 0.6 is 0 Å². The van der Waals surface area contributed by atoms with Crippen LogP contribution in [0.4, 0.5) is 0 Å². The predicted molar refractivity (Wildman–Crippen MR) is 49.9 cm³/mol. The summed E-state index contributed by atoms with van der Waals surface area (Å²) in [6.45, 7) is -1.06. The van der Waals surface area contributed by atoms with E-state index in [0.717, 1.165) is 0 Å². The second kappa shape index (κ2) is 5.02. The van der Waals surface area contributed by atoms with Crippen LogP contribution in [0.25, 0.3) is 0 Å². The minimum absolute atomic E-state index is 0.459. The molecule has 0 aromatic rings. The molecule has 1 aliphatic rings. The molecule has 6 nitrogen and oxygen atoms in total. The Labute approximate surface area is 91.6 Å². The number of hydrogen-bond donors (Lipinski definition) is 4. The lowest BCUT2D eigenvalue weighted by Gasteiger charge is -2.43. The van der Waals surface area contributed by atoms with E-state index in [1.807, 2.05) is 0 Å². The number of rotatable bonds is 4. The van der Waals surface area contributed by atoms with E-state index in [0.29, 0.717) is 0 Å². The standard InChI is InChI=1S/C9H16O6/c1-2-3-14-9(5-10)8(13)7(12)6(11)4-15-9/h2,6-8,10-13H,1,3-5H2/t6-,7-,8+,9?/m1/s1/i2T,3T2. The molecule has 88 valence electrons. The zero-order valence-electron chi connectivity index (χ0n) is 11.0. The molecule has 0 aromatic carbocycles. The smallest absolute Gasteiger partial charge is 0.221 e. The van der Waals surface area contributed by atoms with Gasteiger partial charge in [0.2, 0.25) is 5.79 Å². The van der Waals surface area contributed by atoms with E-state index in [-0.39, 0.29) is 0 Å². The predicted octanol–water partition coefficient (Wildman–Crippen LogP) is -2.01. The Hall–Kier alpha value is -0.500. The minimum atomic E-state index is -2.69. The van der Waals surface area contributed by atoms with Crippen LogP contribution in [0.1, 0.15) is 4.11 Å². The lowest BCUT2D eigenvalue weighted by atomic mass is 9.97. The third-order valence-electron chi connectivity index (χ3n) is 2.18. The molecule has 1 saturated heterocycles. The molecule has 4 atom stereocenters. The van der Waals surface area contributed by atoms with E-state index in [9.17, 15) is 20.4 Å². The fourth-order valence-corrected chi connectivity index (χ4v) is 1.26. The van der Waals surface area contributed by atoms with Gasteiger partial charge in [-0.2, -0.15) is 0 Å². The highest BCUT2D eigenvalue weighted by Crippen LogP contribution is 2.27. The summed E-state index contributed by atoms with van der Waals surface area (Å²) in [5, 5.41) is 37.7. The number of ether oxygens (including phenoxy) is 2. The zero-order chi connectivity index (χ0) is 14.1. The fourth-order valence-electron chi connectivity index (χ4n) is 1.26. The van der Waals surface area contributed by atoms with E-state index < -0.39 is 49.9 Å². The van der Waals surface area contributed by atoms with Crippen molar-refractivity contribution in [1.29, 1.82) is 0 Å². The topological polar surface area (TPSA) is 99.4 Å². The maximum Gasteiger partial charge on any atom is 0.221 e. The summed E-state index contributed by atoms with van der Waals surface area (Å²) in [5.74, 6) is -2.26. The van der Waals surface area contributed by atoms with Crippen molar-refractivity contribution >= 4 is 0 Å². The molecule has 1 unspecified atom stereocenters. The Morgan fingerprint density at radius 3 is 2.87 bits per heavy atom. The van der Waals surface area contributed by atoms with Crippen molar-refractivity contribution in [2.24, 2.45) is 0 Å². The van der Waals surface area contributed by atoms with Crippen LogP contribution in [0.5, 0.6) is 0 Å². The van der Waals surface area contributed by atoms with Gasteiger partial charge in [0, 0.05) is 0 Å². The van der Waals surface area contributed by atoms with E-state index >= 15 is 0 Å². The molecule has 0 aliphatic carbocycles. The van der Waals surface area contributed by atoms with Gasteiger partial charge in [0.05, 0.1) is 17.3 Å². The molecule has 1 aliphatic heterocycles. The highest BCUT2D eigenvalue weighted by molar-refractivity contribution is 4.93. The summed E-state index contributed by atoms with van der Waals surface area (Å²) < 4.78 is 31.5. The second-order valence-corrected chi connectivity index (χ2v) is 3.16. The molecule has 0 radical (unpaired) electrons. The largest absolute Gasteiger partial charge is 0.391 e. The van der Waals surface area contributed by atoms with Gasteiger partial charge < -0.3 is 29.9 Å². The fraction of sp³-hybridized carbons (Fsp3) is 0.778. The number of aliphatic hydroxyl groups is 4. The number of aliphatic hydroxyl groups excluding tert-OH is 4. The first-order valence-electron chi connectivity index (χ1n) is 5.81. The second-order valence-electron chi connectivity index (χ2n) is 3.16. The molecule has 1 fully saturated rings. The minimum Gasteiger partial charge on any atom is -0.391 e. The van der Waals surface area contributed by atoms with Crippen molar-refractivity contribution in [3.63, 3.8) is 0 Å². The first-order valence-corrected chi connectivity index (χ1v) is 4.31. The summed E-state index contributed by atoms with van der Waals surface area (Å²) in [5.41, 5.74) is 0. The van der Waals surface area contributed by atoms with Gasteiger partial charge >= 0.3 is 0 Å². The molecule has 0 saturated carbocycles. The highest BCUT2D eigenvalue weighted by atomic mass is 16.7. The van der Waals surface area contributed by atoms with Gasteiger partial charge in [-0.3, -0.25) is 0 Å². The van der Waals surface area contributed by atoms with Gasteiger partial charge in [-0.1, -0.05) is 6.05 Å². The van der Waals surface area contributed by atoms with Crippen LogP contribution in [-0.2, 0) is 9.47 Å². The molecule has 4 N–H and O–H groups in total. The molecular formula is C9H16O6. The van der Waals surface area contributed by atoms with E-state index in [4.69, 9.17) is 13.6 Å². The summed E-state index contributed by atoms with van der Waals surface area (Å²) in [4.78, 5) is 0. The summed E-state index contributed by atoms with van der Waals surface area (Å²) >= 11 is 0. The highest BCUT2D eigenvalue weighted by Gasteiger charge is 2.50. The summed E-state index contributed by atoms with van der Waals surface area (Å²) in [6, 6.07) is -0.744. The van der Waals surface area contributed by atoms with Gasteiger partial charge in [0.15, 0.2) is 0 Å². The Morgan fingerprint density at radius 1 is 1.67 bits per heavy atom. The maximum atomic E-state index is 9.73. The van der Waals surface area contributed by atoms with Gasteiger partial charge in [0.1, 0.15) is 24.9 Å². The van der Waals surface area contributed by atoms with E-state index in [2.05, 4.69) is 6.58 Å². The van der Waals surface area contributed by atoms with Crippen LogP contribution in [0.2, 0.25) is 0 Å². The summed E-state index contributed by atoms with van der Waals surface area (Å²) in [7, 11) is 0. The van der Waals surface area contributed by atoms with Gasteiger partial charge in [-0.25, -0.2) is 0 Å². The van der Waals surface area contributed by atoms with E-state index in [1.165, 1.54) is 0 Å². The van der Waals surface area contributed by atoms with Crippen LogP contribution in [0, 0.1) is 0 Å². The Morgan fingerprint density at radius 2 is 2.33 bits per heavy atom. The molecule has 0 aromatic heterocycles. The van der Waals surface area contributed by atoms with Crippen molar-refractivity contribution in [2.45, 2.75) is 24.1 Å². The molecule has 1 rings (SSSR count). The molecule has 0 amide bonds. The van der Waals surface area contributed by atoms with Gasteiger partial charge in [0.25, 0.3) is 0 Å². The first-order chi connectivity index (χ1) is 8.16. The molecule has 0 bridgehead atoms. The Bertz CT molecular complexity index is 325. The summed E-state index contributed by atoms with van der Waals surface area (Å²) in [6.07, 6.45) is -4.92. The van der Waals surface area contributed by atoms with Crippen molar-refractivity contribution < 1.29 is 34.0 Å². The van der Waals surface area contributed by atoms with Crippen LogP contribution < -0.4 is 0 Å². The van der Waals surface area contributed by atoms with Crippen molar-refractivity contribution in [1.82, 2.24) is 0 Å². The molecule has 15 heavy (non-hydrogen) atoms. The average molecular weight is 226 g/mol. The third-order valence-corrected chi connectivity index (χ3v) is 2.18. The zero-order valence-corrected chi connectivity index (χ0v) is 7.96. The third kappa shape index (κ3) is 2.36. The molecule has 0 spiro atoms. The van der Waals surface area contributed by atoms with E-state index in [1.54, 1.807) is 0 Å². The molecular weight excluding hydrogens is 204 g/mol. The van der Waals surface area contributed by atoms with Crippen LogP contribution in [0.15, 0.2) is 12.6 Å². The van der Waals surface area contributed by atoms with Gasteiger partial charge in [-0.15, -0.1) is 6.58 Å². The van der Waals surface area contributed by atoms with Crippen molar-refractivity contribution in [3.05, 3.63) is 12.6 Å². The lowest BCUT2D eigenvalue weighted by molar-refractivity contribution is -0.345. The monoisotopic (exact) mass is 226 g/mol. The van der Waals surface area contributed by atoms with Crippen LogP contribution in [0.3, 0.4) is 0 Å². The Balaban J connectivity index is 2.96. The van der Waals surface area contributed by atoms with Crippen molar-refractivity contribution in [2.75, 3.05) is 19.8 Å². The quantitative estimate of drug-likeness (QED) is 0.413. The van der Waals surface area contributed by atoms with Crippen LogP contribution in [-0.4, -0.2) is 64.3 Å². The molecule has 6 heteroatoms. The number of hydrogen-bond acceptors (Lipinski definition) is 6. The lowest BCUT2D eigenvalue weighted by Crippen LogP contribution is -2.63. The van der Waals surface area contributed by atoms with Crippen molar-refractivity contribution in [3.8, 4) is 0 Å². The SMILES string of the molecule is [3H]C(=C)C([3H])([3H])OC1(CO)OC[C@@H](O)[C@@H](O)[C@@H]1O. The Kier molecular flexibility index (Phi) is 2.89. The van der Waals surface area contributed by atoms with Gasteiger partial charge in [-0.05, 0) is 0 Å². The normalized spacial score (nSPS) is 45.3. The molecule has 1 heterocycles. The average Bonchev–Trinajstić information content (AvgIpc) is 2.30. The maximum absolute atomic E-state index is 9.73.